The summed E-state index contributed by atoms with van der Waals surface area (Å²) < 4.78 is 26.1. The molecule has 0 unspecified atom stereocenters. The fourth-order valence-electron chi connectivity index (χ4n) is 1.14. The van der Waals surface area contributed by atoms with E-state index in [-0.39, 0.29) is 11.1 Å². The Bertz CT molecular complexity index is 519. The van der Waals surface area contributed by atoms with Crippen molar-refractivity contribution < 1.29 is 8.78 Å². The summed E-state index contributed by atoms with van der Waals surface area (Å²) in [6, 6.07) is 5.58. The Balaban J connectivity index is 2.30. The van der Waals surface area contributed by atoms with Crippen LogP contribution in [0.2, 0.25) is 5.28 Å². The molecule has 0 atom stereocenters. The highest BCUT2D eigenvalue weighted by Crippen LogP contribution is 2.18. The zero-order chi connectivity index (χ0) is 11.5. The molecule has 1 aromatic heterocycles. The van der Waals surface area contributed by atoms with Gasteiger partial charge in [0.2, 0.25) is 5.28 Å². The number of benzene rings is 1. The standard InChI is InChI=1S/C10H6ClF2N3/c11-10-14-5-8(13)9(16-10)15-7-3-1-2-6(12)4-7/h1-5H,(H,14,15,16). The molecule has 0 aliphatic heterocycles. The van der Waals surface area contributed by atoms with Crippen molar-refractivity contribution in [1.82, 2.24) is 9.97 Å². The Morgan fingerprint density at radius 2 is 2.06 bits per heavy atom. The van der Waals surface area contributed by atoms with E-state index in [1.54, 1.807) is 6.07 Å². The second-order valence-corrected chi connectivity index (χ2v) is 3.31. The number of nitrogens with zero attached hydrogens (tertiary/aromatic N) is 2. The molecule has 82 valence electrons. The molecule has 0 aliphatic rings. The third kappa shape index (κ3) is 2.43. The third-order valence-electron chi connectivity index (χ3n) is 1.80. The van der Waals surface area contributed by atoms with Gasteiger partial charge >= 0.3 is 0 Å². The van der Waals surface area contributed by atoms with Gasteiger partial charge in [0.25, 0.3) is 0 Å². The van der Waals surface area contributed by atoms with Gasteiger partial charge in [-0.15, -0.1) is 0 Å². The summed E-state index contributed by atoms with van der Waals surface area (Å²) in [6.45, 7) is 0. The minimum absolute atomic E-state index is 0.0831. The van der Waals surface area contributed by atoms with E-state index >= 15 is 0 Å². The minimum atomic E-state index is -0.659. The van der Waals surface area contributed by atoms with E-state index in [0.717, 1.165) is 6.20 Å². The number of rotatable bonds is 2. The van der Waals surface area contributed by atoms with Crippen LogP contribution >= 0.6 is 11.6 Å². The van der Waals surface area contributed by atoms with Gasteiger partial charge < -0.3 is 5.32 Å². The van der Waals surface area contributed by atoms with Crippen molar-refractivity contribution in [2.45, 2.75) is 0 Å². The largest absolute Gasteiger partial charge is 0.338 e. The Morgan fingerprint density at radius 1 is 1.25 bits per heavy atom. The highest BCUT2D eigenvalue weighted by Gasteiger charge is 2.06. The molecule has 2 aromatic rings. The Hall–Kier alpha value is -1.75. The summed E-state index contributed by atoms with van der Waals surface area (Å²) in [5.74, 6) is -1.18. The van der Waals surface area contributed by atoms with Crippen LogP contribution in [-0.4, -0.2) is 9.97 Å². The first kappa shape index (κ1) is 10.8. The zero-order valence-electron chi connectivity index (χ0n) is 7.92. The molecule has 0 saturated heterocycles. The molecule has 1 N–H and O–H groups in total. The van der Waals surface area contributed by atoms with Gasteiger partial charge in [-0.2, -0.15) is 4.98 Å². The van der Waals surface area contributed by atoms with E-state index in [2.05, 4.69) is 15.3 Å². The maximum atomic E-state index is 13.2. The minimum Gasteiger partial charge on any atom is -0.338 e. The Labute approximate surface area is 95.1 Å². The molecule has 1 aromatic carbocycles. The summed E-state index contributed by atoms with van der Waals surface area (Å²) in [5.41, 5.74) is 0.383. The zero-order valence-corrected chi connectivity index (χ0v) is 8.67. The van der Waals surface area contributed by atoms with Crippen molar-refractivity contribution in [2.75, 3.05) is 5.32 Å². The van der Waals surface area contributed by atoms with Gasteiger partial charge in [-0.05, 0) is 29.8 Å². The van der Waals surface area contributed by atoms with E-state index < -0.39 is 11.6 Å². The second-order valence-electron chi connectivity index (χ2n) is 2.97. The van der Waals surface area contributed by atoms with Crippen molar-refractivity contribution in [3.63, 3.8) is 0 Å². The summed E-state index contributed by atoms with van der Waals surface area (Å²) in [6.07, 6.45) is 0.941. The van der Waals surface area contributed by atoms with Crippen LogP contribution in [0.5, 0.6) is 0 Å². The van der Waals surface area contributed by atoms with Gasteiger partial charge in [-0.3, -0.25) is 0 Å². The van der Waals surface area contributed by atoms with Crippen LogP contribution in [0.4, 0.5) is 20.3 Å². The first-order chi connectivity index (χ1) is 7.65. The normalized spacial score (nSPS) is 10.2. The first-order valence-corrected chi connectivity index (χ1v) is 4.73. The monoisotopic (exact) mass is 241 g/mol. The molecule has 2 rings (SSSR count). The predicted molar refractivity (Wildman–Crippen MR) is 56.7 cm³/mol. The lowest BCUT2D eigenvalue weighted by atomic mass is 10.3. The van der Waals surface area contributed by atoms with Crippen LogP contribution < -0.4 is 5.32 Å². The summed E-state index contributed by atoms with van der Waals surface area (Å²) in [5, 5.41) is 2.52. The highest BCUT2D eigenvalue weighted by atomic mass is 35.5. The third-order valence-corrected chi connectivity index (χ3v) is 1.98. The molecule has 0 saturated carbocycles. The fourth-order valence-corrected chi connectivity index (χ4v) is 1.27. The smallest absolute Gasteiger partial charge is 0.224 e. The summed E-state index contributed by atoms with van der Waals surface area (Å²) >= 11 is 5.51. The first-order valence-electron chi connectivity index (χ1n) is 4.36. The van der Waals surface area contributed by atoms with Crippen molar-refractivity contribution >= 4 is 23.1 Å². The summed E-state index contributed by atoms with van der Waals surface area (Å²) in [4.78, 5) is 7.11. The van der Waals surface area contributed by atoms with Crippen molar-refractivity contribution in [3.8, 4) is 0 Å². The van der Waals surface area contributed by atoms with Crippen molar-refractivity contribution in [1.29, 1.82) is 0 Å². The van der Waals surface area contributed by atoms with E-state index in [4.69, 9.17) is 11.6 Å². The summed E-state index contributed by atoms with van der Waals surface area (Å²) in [7, 11) is 0. The number of anilines is 2. The SMILES string of the molecule is Fc1cccc(Nc2nc(Cl)ncc2F)c1. The van der Waals surface area contributed by atoms with E-state index in [9.17, 15) is 8.78 Å². The van der Waals surface area contributed by atoms with Crippen LogP contribution in [0.1, 0.15) is 0 Å². The van der Waals surface area contributed by atoms with Crippen molar-refractivity contribution in [2.24, 2.45) is 0 Å². The molecule has 0 fully saturated rings. The molecular formula is C10H6ClF2N3. The number of nitrogens with one attached hydrogen (secondary N) is 1. The maximum Gasteiger partial charge on any atom is 0.224 e. The molecule has 6 heteroatoms. The van der Waals surface area contributed by atoms with Gasteiger partial charge in [-0.25, -0.2) is 13.8 Å². The van der Waals surface area contributed by atoms with Gasteiger partial charge in [-0.1, -0.05) is 6.07 Å². The average molecular weight is 242 g/mol. The molecule has 0 bridgehead atoms. The number of hydrogen-bond donors (Lipinski definition) is 1. The lowest BCUT2D eigenvalue weighted by Gasteiger charge is -2.06. The van der Waals surface area contributed by atoms with Gasteiger partial charge in [0.1, 0.15) is 5.82 Å². The van der Waals surface area contributed by atoms with E-state index in [1.807, 2.05) is 0 Å². The van der Waals surface area contributed by atoms with E-state index in [1.165, 1.54) is 18.2 Å². The fraction of sp³-hybridized carbons (Fsp3) is 0. The highest BCUT2D eigenvalue weighted by molar-refractivity contribution is 6.28. The lowest BCUT2D eigenvalue weighted by molar-refractivity contribution is 0.618. The predicted octanol–water partition coefficient (Wildman–Crippen LogP) is 3.15. The Kier molecular flexibility index (Phi) is 2.96. The van der Waals surface area contributed by atoms with Crippen LogP contribution in [0, 0.1) is 11.6 Å². The molecule has 0 radical (unpaired) electrons. The molecule has 16 heavy (non-hydrogen) atoms. The molecule has 3 nitrogen and oxygen atoms in total. The van der Waals surface area contributed by atoms with Gasteiger partial charge in [0.15, 0.2) is 11.6 Å². The number of aromatic nitrogens is 2. The van der Waals surface area contributed by atoms with Crippen molar-refractivity contribution in [3.05, 3.63) is 47.4 Å². The van der Waals surface area contributed by atoms with Crippen LogP contribution in [-0.2, 0) is 0 Å². The second kappa shape index (κ2) is 4.40. The van der Waals surface area contributed by atoms with Gasteiger partial charge in [0, 0.05) is 5.69 Å². The molecule has 1 heterocycles. The molecular weight excluding hydrogens is 236 g/mol. The molecule has 0 amide bonds. The lowest BCUT2D eigenvalue weighted by Crippen LogP contribution is -1.98. The molecule has 0 spiro atoms. The Morgan fingerprint density at radius 3 is 2.81 bits per heavy atom. The number of hydrogen-bond acceptors (Lipinski definition) is 3. The topological polar surface area (TPSA) is 37.8 Å². The van der Waals surface area contributed by atoms with Crippen LogP contribution in [0.15, 0.2) is 30.5 Å². The maximum absolute atomic E-state index is 13.2. The van der Waals surface area contributed by atoms with Gasteiger partial charge in [0.05, 0.1) is 6.20 Å². The van der Waals surface area contributed by atoms with E-state index in [0.29, 0.717) is 5.69 Å². The molecule has 0 aliphatic carbocycles. The number of halogens is 3. The van der Waals surface area contributed by atoms with Crippen LogP contribution in [0.25, 0.3) is 0 Å². The average Bonchev–Trinajstić information content (AvgIpc) is 2.24. The van der Waals surface area contributed by atoms with Crippen LogP contribution in [0.3, 0.4) is 0 Å². The quantitative estimate of drug-likeness (QED) is 0.821.